The first kappa shape index (κ1) is 12.0. The van der Waals surface area contributed by atoms with E-state index in [1.165, 1.54) is 0 Å². The quantitative estimate of drug-likeness (QED) is 0.418. The molecule has 4 atom stereocenters. The van der Waals surface area contributed by atoms with Crippen LogP contribution in [0.5, 0.6) is 0 Å². The van der Waals surface area contributed by atoms with Crippen molar-refractivity contribution in [3.8, 4) is 0 Å². The van der Waals surface area contributed by atoms with Gasteiger partial charge in [-0.15, -0.1) is 0 Å². The predicted molar refractivity (Wildman–Crippen MR) is 54.3 cm³/mol. The fraction of sp³-hybridized carbons (Fsp3) is 0.556. The zero-order valence-electron chi connectivity index (χ0n) is 8.68. The normalized spacial score (nSPS) is 32.9. The molecule has 0 spiro atoms. The average molecular weight is 249 g/mol. The second-order valence-electron chi connectivity index (χ2n) is 3.75. The summed E-state index contributed by atoms with van der Waals surface area (Å²) in [5, 5.41) is 28.1. The number of aromatic amines is 1. The Bertz CT molecular complexity index is 509. The minimum absolute atomic E-state index is 0.479. The summed E-state index contributed by atoms with van der Waals surface area (Å²) in [5.74, 6) is 0. The van der Waals surface area contributed by atoms with Gasteiger partial charge >= 0.3 is 5.69 Å². The van der Waals surface area contributed by atoms with Crippen molar-refractivity contribution in [1.82, 2.24) is 9.55 Å². The molecule has 4 N–H and O–H groups in total. The highest BCUT2D eigenvalue weighted by Crippen LogP contribution is 2.27. The van der Waals surface area contributed by atoms with Gasteiger partial charge in [0.2, 0.25) is 0 Å². The molecule has 17 heavy (non-hydrogen) atoms. The highest BCUT2D eigenvalue weighted by atomic mass is 16.8. The van der Waals surface area contributed by atoms with Gasteiger partial charge in [0.25, 0.3) is 5.56 Å². The van der Waals surface area contributed by atoms with Gasteiger partial charge in [0, 0.05) is 12.3 Å². The van der Waals surface area contributed by atoms with E-state index in [4.69, 9.17) is 9.84 Å². The van der Waals surface area contributed by atoms with Crippen LogP contribution in [-0.4, -0.2) is 49.8 Å². The summed E-state index contributed by atoms with van der Waals surface area (Å²) in [6.45, 7) is -0.479. The molecule has 2 rings (SSSR count). The van der Waals surface area contributed by atoms with Crippen LogP contribution in [0.2, 0.25) is 0 Å². The topological polar surface area (TPSA) is 125 Å². The van der Waals surface area contributed by atoms with Crippen LogP contribution in [0.3, 0.4) is 0 Å². The highest BCUT2D eigenvalue weighted by Gasteiger charge is 2.43. The van der Waals surface area contributed by atoms with Gasteiger partial charge in [-0.3, -0.25) is 14.3 Å². The maximum Gasteiger partial charge on any atom is 0.330 e. The molecule has 0 unspecified atom stereocenters. The van der Waals surface area contributed by atoms with Gasteiger partial charge < -0.3 is 20.1 Å². The lowest BCUT2D eigenvalue weighted by atomic mass is 10.6. The molecule has 2 heterocycles. The minimum Gasteiger partial charge on any atom is -0.394 e. The van der Waals surface area contributed by atoms with Gasteiger partial charge in [0.15, 0.2) is 6.23 Å². The summed E-state index contributed by atoms with van der Waals surface area (Å²) < 4.78 is 6.08. The molecule has 0 saturated carbocycles. The van der Waals surface area contributed by atoms with Crippen molar-refractivity contribution in [1.29, 1.82) is 0 Å². The van der Waals surface area contributed by atoms with Gasteiger partial charge in [0.1, 0.15) is 18.3 Å². The van der Waals surface area contributed by atoms with Crippen molar-refractivity contribution in [2.75, 3.05) is 6.61 Å². The van der Waals surface area contributed by atoms with Crippen molar-refractivity contribution >= 4 is 0 Å². The summed E-state index contributed by atoms with van der Waals surface area (Å²) in [6.07, 6.45) is -3.58. The molecule has 8 nitrogen and oxygen atoms in total. The molecule has 0 amide bonds. The number of aromatic nitrogens is 2. The smallest absolute Gasteiger partial charge is 0.330 e. The van der Waals surface area contributed by atoms with E-state index in [1.54, 1.807) is 0 Å². The predicted octanol–water partition coefficient (Wildman–Crippen LogP) is -2.85. The summed E-state index contributed by atoms with van der Waals surface area (Å²) >= 11 is 0. The molecular weight excluding hydrogens is 237 g/mol. The lowest BCUT2D eigenvalue weighted by Crippen LogP contribution is -2.37. The van der Waals surface area contributed by atoms with E-state index in [9.17, 15) is 19.8 Å². The van der Waals surface area contributed by atoms with E-state index in [0.29, 0.717) is 0 Å². The number of H-pyrrole nitrogens is 1. The highest BCUT2D eigenvalue weighted by molar-refractivity contribution is 4.92. The monoisotopic (exact) mass is 249 g/mol. The molecule has 1 aliphatic rings. The molecule has 1 aromatic rings. The van der Waals surface area contributed by atoms with Crippen molar-refractivity contribution in [2.45, 2.75) is 24.5 Å². The van der Waals surface area contributed by atoms with Crippen LogP contribution in [0.25, 0.3) is 0 Å². The van der Waals surface area contributed by atoms with Gasteiger partial charge in [-0.05, 0) is 0 Å². The number of nitrogens with zero attached hydrogens (tertiary/aromatic N) is 1. The molecule has 1 saturated heterocycles. The van der Waals surface area contributed by atoms with Gasteiger partial charge in [-0.25, -0.2) is 4.79 Å². The molecule has 0 radical (unpaired) electrons. The Labute approximate surface area is 94.7 Å². The molecule has 8 heteroatoms. The number of hydrogen-bond acceptors (Lipinski definition) is 6. The molecule has 1 aliphatic heterocycles. The van der Waals surface area contributed by atoms with E-state index in [-0.39, 0.29) is 0 Å². The second kappa shape index (κ2) is 4.41. The molecule has 0 aromatic carbocycles. The van der Waals surface area contributed by atoms with Crippen LogP contribution >= 0.6 is 0 Å². The van der Waals surface area contributed by atoms with E-state index in [0.717, 1.165) is 16.8 Å². The first-order chi connectivity index (χ1) is 8.04. The number of nitrogens with one attached hydrogen (secondary N) is 1. The first-order valence-electron chi connectivity index (χ1n) is 4.98. The van der Waals surface area contributed by atoms with Crippen molar-refractivity contribution in [3.63, 3.8) is 0 Å². The number of aliphatic hydroxyl groups excluding tert-OH is 3. The number of rotatable bonds is 2. The maximum atomic E-state index is 11.4. The summed E-state index contributed by atoms with van der Waals surface area (Å²) in [6, 6.07) is 1.09. The summed E-state index contributed by atoms with van der Waals surface area (Å²) in [4.78, 5) is 24.3. The Morgan fingerprint density at radius 2 is 2.06 bits per heavy atom. The number of ether oxygens (including phenoxy) is 1. The van der Waals surface area contributed by atoms with Gasteiger partial charge in [-0.1, -0.05) is 0 Å². The fourth-order valence-electron chi connectivity index (χ4n) is 1.74. The fourth-order valence-corrected chi connectivity index (χ4v) is 1.74. The lowest BCUT2D eigenvalue weighted by Gasteiger charge is -2.16. The molecule has 0 aliphatic carbocycles. The van der Waals surface area contributed by atoms with Crippen LogP contribution in [-0.2, 0) is 4.74 Å². The van der Waals surface area contributed by atoms with Crippen molar-refractivity contribution < 1.29 is 20.1 Å². The Kier molecular flexibility index (Phi) is 3.11. The molecule has 1 fully saturated rings. The van der Waals surface area contributed by atoms with Crippen molar-refractivity contribution in [2.24, 2.45) is 0 Å². The molecule has 94 valence electrons. The van der Waals surface area contributed by atoms with Crippen molar-refractivity contribution in [3.05, 3.63) is 33.1 Å². The van der Waals surface area contributed by atoms with Crippen LogP contribution < -0.4 is 11.2 Å². The van der Waals surface area contributed by atoms with Crippen LogP contribution in [0, 0.1) is 0 Å². The Morgan fingerprint density at radius 3 is 2.59 bits per heavy atom. The molecule has 0 bridgehead atoms. The number of hydrogen-bond donors (Lipinski definition) is 4. The van der Waals surface area contributed by atoms with E-state index < -0.39 is 42.4 Å². The SMILES string of the molecule is O=c1ccn([13C@@H]2O[13C@H]([13CH2]O)[13C@@H](O)[13C@H]2O)c(=O)[nH]1. The molecular formula is C9H12N2O6. The van der Waals surface area contributed by atoms with E-state index in [1.807, 2.05) is 4.98 Å². The van der Waals surface area contributed by atoms with Crippen LogP contribution in [0.1, 0.15) is 6.23 Å². The van der Waals surface area contributed by atoms with Crippen LogP contribution in [0.4, 0.5) is 0 Å². The number of aliphatic hydroxyl groups is 3. The Balaban J connectivity index is 2.35. The third kappa shape index (κ3) is 2.03. The van der Waals surface area contributed by atoms with Gasteiger partial charge in [-0.2, -0.15) is 0 Å². The van der Waals surface area contributed by atoms with E-state index in [2.05, 4.69) is 0 Å². The zero-order valence-corrected chi connectivity index (χ0v) is 8.68. The van der Waals surface area contributed by atoms with Crippen LogP contribution in [0.15, 0.2) is 21.9 Å². The largest absolute Gasteiger partial charge is 0.394 e. The standard InChI is InChI=1S/C9H12N2O6/c12-3-4-6(14)7(15)8(17-4)11-2-1-5(13)10-9(11)16/h1-2,4,6-8,12,14-15H,3H2,(H,10,13,16)/t4-,6-,7-,8-/m1/s1/i3+1,4+1,6+1,7+1,8+1. The maximum absolute atomic E-state index is 11.4. The Morgan fingerprint density at radius 1 is 1.35 bits per heavy atom. The second-order valence-corrected chi connectivity index (χ2v) is 3.75. The zero-order chi connectivity index (χ0) is 12.6. The van der Waals surface area contributed by atoms with E-state index >= 15 is 0 Å². The molecule has 1 aromatic heterocycles. The van der Waals surface area contributed by atoms with Gasteiger partial charge in [0.05, 0.1) is 6.61 Å². The first-order valence-corrected chi connectivity index (χ1v) is 4.98. The average Bonchev–Trinajstić information content (AvgIpc) is 2.57. The third-order valence-electron chi connectivity index (χ3n) is 2.64. The summed E-state index contributed by atoms with van der Waals surface area (Å²) in [5.41, 5.74) is -1.33. The summed E-state index contributed by atoms with van der Waals surface area (Å²) in [7, 11) is 0. The lowest BCUT2D eigenvalue weighted by molar-refractivity contribution is -0.0550. The Hall–Kier alpha value is -1.48. The minimum atomic E-state index is -1.35. The third-order valence-corrected chi connectivity index (χ3v) is 2.64.